The van der Waals surface area contributed by atoms with Gasteiger partial charge in [-0.25, -0.2) is 0 Å². The van der Waals surface area contributed by atoms with Gasteiger partial charge in [-0.15, -0.1) is 82.8 Å². The van der Waals surface area contributed by atoms with Crippen LogP contribution in [0.25, 0.3) is 66.4 Å². The summed E-state index contributed by atoms with van der Waals surface area (Å²) < 4.78 is 12.0. The molecule has 6 aromatic carbocycles. The van der Waals surface area contributed by atoms with Crippen molar-refractivity contribution in [3.8, 4) is 44.9 Å². The van der Waals surface area contributed by atoms with E-state index in [0.29, 0.717) is 0 Å². The molecule has 0 N–H and O–H groups in total. The minimum absolute atomic E-state index is 0. The molecule has 324 valence electrons. The van der Waals surface area contributed by atoms with Gasteiger partial charge in [0.2, 0.25) is 0 Å². The number of halogens is 2. The van der Waals surface area contributed by atoms with Gasteiger partial charge in [0.25, 0.3) is 0 Å². The maximum Gasteiger partial charge on any atom is 0.0925 e. The molecule has 2 aromatic heterocycles. The fourth-order valence-electron chi connectivity index (χ4n) is 7.94. The van der Waals surface area contributed by atoms with Crippen molar-refractivity contribution in [2.75, 3.05) is 0 Å². The Labute approximate surface area is 399 Å². The van der Waals surface area contributed by atoms with E-state index >= 15 is 0 Å². The molecule has 0 spiro atoms. The number of aryl methyl sites for hydroxylation is 6. The molecule has 62 heavy (non-hydrogen) atoms. The molecule has 0 radical (unpaired) electrons. The summed E-state index contributed by atoms with van der Waals surface area (Å²) in [6.07, 6.45) is 0. The fourth-order valence-corrected chi connectivity index (χ4v) is 7.94. The Morgan fingerprint density at radius 2 is 0.774 bits per heavy atom. The number of hydrogen-bond donors (Lipinski definition) is 0. The minimum atomic E-state index is 0. The van der Waals surface area contributed by atoms with Crippen molar-refractivity contribution in [1.29, 1.82) is 0 Å². The van der Waals surface area contributed by atoms with Crippen LogP contribution in [-0.4, -0.2) is 5.43 Å². The summed E-state index contributed by atoms with van der Waals surface area (Å²) in [5, 5.41) is 5.15. The molecule has 0 saturated carbocycles. The van der Waals surface area contributed by atoms with Crippen LogP contribution < -0.4 is 0 Å². The summed E-state index contributed by atoms with van der Waals surface area (Å²) in [6.45, 7) is 35.3. The second-order valence-electron chi connectivity index (χ2n) is 19.2. The third kappa shape index (κ3) is 11.2. The van der Waals surface area contributed by atoms with E-state index in [1.54, 1.807) is 23.3 Å². The maximum atomic E-state index is 5.99. The SMILES string of the molecule is C[Si](C)=[Zr+2].Cc1cc(-c2cc3c(-c4ccc(C(C)(C)C)cc4)c(C)c(C)cc3[cH-]2)oc1C.Cc1cc(-c2cc3c(-c4ccc(C(C)(C)C)cc4)c(C)c(C)cc3[cH-]2)oc1C.Cl.Cl. The first-order chi connectivity index (χ1) is 28.0. The molecule has 0 aliphatic rings. The molecule has 2 nitrogen and oxygen atoms in total. The predicted molar refractivity (Wildman–Crippen MR) is 273 cm³/mol. The van der Waals surface area contributed by atoms with Gasteiger partial charge in [0.1, 0.15) is 0 Å². The van der Waals surface area contributed by atoms with Gasteiger partial charge in [0.15, 0.2) is 0 Å². The second kappa shape index (κ2) is 20.0. The molecular formula is C56H66Cl2O2SiZr. The zero-order valence-electron chi connectivity index (χ0n) is 39.9. The molecule has 6 heteroatoms. The quantitative estimate of drug-likeness (QED) is 0.130. The van der Waals surface area contributed by atoms with Gasteiger partial charge in [-0.2, -0.15) is 0 Å². The van der Waals surface area contributed by atoms with Gasteiger partial charge in [-0.05, 0) is 123 Å². The van der Waals surface area contributed by atoms with Crippen LogP contribution >= 0.6 is 24.8 Å². The fraction of sp³-hybridized carbons (Fsp3) is 0.321. The topological polar surface area (TPSA) is 26.3 Å². The van der Waals surface area contributed by atoms with Crippen LogP contribution in [0.3, 0.4) is 0 Å². The Bertz CT molecular complexity index is 2590. The number of furan rings is 2. The van der Waals surface area contributed by atoms with Crippen LogP contribution in [0.5, 0.6) is 0 Å². The second-order valence-corrected chi connectivity index (χ2v) is 28.6. The van der Waals surface area contributed by atoms with Gasteiger partial charge in [-0.3, -0.25) is 0 Å². The van der Waals surface area contributed by atoms with Gasteiger partial charge >= 0.3 is 41.9 Å². The van der Waals surface area contributed by atoms with Crippen molar-refractivity contribution in [1.82, 2.24) is 0 Å². The molecule has 0 bridgehead atoms. The van der Waals surface area contributed by atoms with Crippen molar-refractivity contribution in [2.45, 2.75) is 121 Å². The van der Waals surface area contributed by atoms with Crippen molar-refractivity contribution < 1.29 is 32.2 Å². The average Bonchev–Trinajstić information content (AvgIpc) is 3.94. The molecule has 0 aliphatic heterocycles. The standard InChI is InChI=1S/2C27H29O.C2H6Si.2ClH.Zr/c2*1-16-12-21-14-22(25-13-17(2)19(4)28-25)15-24(21)26(18(16)3)20-8-10-23(11-9-20)27(5,6)7;1-3-2;;;/h2*8-15H,1-7H3;1-2H3;2*1H;/q2*-1;;;;+2. The molecule has 2 heterocycles. The first-order valence-corrected chi connectivity index (χ1v) is 27.5. The zero-order valence-corrected chi connectivity index (χ0v) is 45.0. The van der Waals surface area contributed by atoms with Crippen LogP contribution in [0.1, 0.15) is 97.6 Å². The van der Waals surface area contributed by atoms with Gasteiger partial charge in [-0.1, -0.05) is 123 Å². The first-order valence-electron chi connectivity index (χ1n) is 21.3. The van der Waals surface area contributed by atoms with E-state index in [4.69, 9.17) is 8.83 Å². The predicted octanol–water partition coefficient (Wildman–Crippen LogP) is 17.7. The zero-order chi connectivity index (χ0) is 44.0. The van der Waals surface area contributed by atoms with E-state index in [-0.39, 0.29) is 41.1 Å². The van der Waals surface area contributed by atoms with E-state index in [1.165, 1.54) is 88.3 Å². The monoisotopic (exact) mass is 958 g/mol. The Kier molecular flexibility index (Phi) is 16.5. The van der Waals surface area contributed by atoms with Crippen LogP contribution in [-0.2, 0) is 34.2 Å². The number of rotatable bonds is 4. The largest absolute Gasteiger partial charge is 0.496 e. The van der Waals surface area contributed by atoms with Crippen molar-refractivity contribution >= 4 is 51.8 Å². The van der Waals surface area contributed by atoms with E-state index in [9.17, 15) is 0 Å². The van der Waals surface area contributed by atoms with E-state index in [0.717, 1.165) is 34.2 Å². The van der Waals surface area contributed by atoms with Gasteiger partial charge in [0, 0.05) is 0 Å². The molecule has 8 rings (SSSR count). The number of hydrogen-bond acceptors (Lipinski definition) is 2. The minimum Gasteiger partial charge on any atom is -0.496 e. The van der Waals surface area contributed by atoms with Crippen LogP contribution in [0, 0.1) is 55.4 Å². The van der Waals surface area contributed by atoms with Gasteiger partial charge < -0.3 is 8.83 Å². The molecule has 0 atom stereocenters. The third-order valence-corrected chi connectivity index (χ3v) is 12.0. The first kappa shape index (κ1) is 51.0. The molecule has 0 fully saturated rings. The van der Waals surface area contributed by atoms with E-state index < -0.39 is 0 Å². The number of fused-ring (bicyclic) bond motifs is 2. The maximum absolute atomic E-state index is 5.99. The summed E-state index contributed by atoms with van der Waals surface area (Å²) >= 11 is 1.74. The van der Waals surface area contributed by atoms with Crippen LogP contribution in [0.4, 0.5) is 0 Å². The third-order valence-electron chi connectivity index (χ3n) is 12.0. The van der Waals surface area contributed by atoms with Crippen LogP contribution in [0.2, 0.25) is 13.1 Å². The summed E-state index contributed by atoms with van der Waals surface area (Å²) in [6, 6.07) is 36.1. The van der Waals surface area contributed by atoms with Crippen molar-refractivity contribution in [3.63, 3.8) is 0 Å². The summed E-state index contributed by atoms with van der Waals surface area (Å²) in [5.41, 5.74) is 18.6. The summed E-state index contributed by atoms with van der Waals surface area (Å²) in [4.78, 5) is 0. The van der Waals surface area contributed by atoms with E-state index in [1.807, 2.05) is 13.8 Å². The summed E-state index contributed by atoms with van der Waals surface area (Å²) in [5.74, 6) is 3.89. The molecular weight excluding hydrogens is 895 g/mol. The molecule has 0 saturated heterocycles. The normalized spacial score (nSPS) is 11.4. The molecule has 8 aromatic rings. The number of benzene rings is 4. The Morgan fingerprint density at radius 3 is 1.03 bits per heavy atom. The van der Waals surface area contributed by atoms with E-state index in [2.05, 4.69) is 193 Å². The average molecular weight is 961 g/mol. The van der Waals surface area contributed by atoms with Crippen LogP contribution in [0.15, 0.2) is 106 Å². The Balaban J connectivity index is 0.000000244. The smallest absolute Gasteiger partial charge is 0.0925 e. The Morgan fingerprint density at radius 1 is 0.468 bits per heavy atom. The molecule has 0 unspecified atom stereocenters. The molecule has 0 aliphatic carbocycles. The van der Waals surface area contributed by atoms with Crippen molar-refractivity contribution in [3.05, 3.63) is 153 Å². The van der Waals surface area contributed by atoms with Gasteiger partial charge in [0.05, 0.1) is 23.0 Å². The molecule has 0 amide bonds. The summed E-state index contributed by atoms with van der Waals surface area (Å²) in [7, 11) is 0. The Hall–Kier alpha value is -3.66. The van der Waals surface area contributed by atoms with Crippen molar-refractivity contribution in [2.24, 2.45) is 0 Å².